The average molecular weight is 196 g/mol. The highest BCUT2D eigenvalue weighted by molar-refractivity contribution is 5.15. The molecule has 0 aliphatic rings. The van der Waals surface area contributed by atoms with Crippen molar-refractivity contribution in [3.8, 4) is 0 Å². The summed E-state index contributed by atoms with van der Waals surface area (Å²) in [5.74, 6) is 0.456. The van der Waals surface area contributed by atoms with Crippen molar-refractivity contribution in [1.29, 1.82) is 0 Å². The third-order valence-corrected chi connectivity index (χ3v) is 2.00. The van der Waals surface area contributed by atoms with Gasteiger partial charge in [0.1, 0.15) is 5.82 Å². The Morgan fingerprint density at radius 3 is 2.79 bits per heavy atom. The summed E-state index contributed by atoms with van der Waals surface area (Å²) in [5.41, 5.74) is 0.897. The van der Waals surface area contributed by atoms with Crippen LogP contribution in [0.15, 0.2) is 24.3 Å². The standard InChI is InChI=1S/C12H17FO/c1-10(2)6-7-14-9-11-4-3-5-12(13)8-11/h3-5,8,10H,6-7,9H2,1-2H3. The first-order chi connectivity index (χ1) is 6.68. The van der Waals surface area contributed by atoms with E-state index in [2.05, 4.69) is 13.8 Å². The van der Waals surface area contributed by atoms with Gasteiger partial charge in [-0.05, 0) is 30.0 Å². The summed E-state index contributed by atoms with van der Waals surface area (Å²) in [7, 11) is 0. The molecule has 0 spiro atoms. The Balaban J connectivity index is 2.25. The first-order valence-corrected chi connectivity index (χ1v) is 5.00. The zero-order chi connectivity index (χ0) is 10.4. The monoisotopic (exact) mass is 196 g/mol. The van der Waals surface area contributed by atoms with Gasteiger partial charge in [-0.15, -0.1) is 0 Å². The molecule has 0 heterocycles. The lowest BCUT2D eigenvalue weighted by molar-refractivity contribution is 0.110. The van der Waals surface area contributed by atoms with E-state index in [0.717, 1.165) is 18.6 Å². The Hall–Kier alpha value is -0.890. The second-order valence-electron chi connectivity index (χ2n) is 3.87. The van der Waals surface area contributed by atoms with E-state index in [-0.39, 0.29) is 5.82 Å². The molecule has 0 aliphatic heterocycles. The van der Waals surface area contributed by atoms with Crippen molar-refractivity contribution in [3.05, 3.63) is 35.6 Å². The third-order valence-electron chi connectivity index (χ3n) is 2.00. The molecule has 0 bridgehead atoms. The summed E-state index contributed by atoms with van der Waals surface area (Å²) in [5, 5.41) is 0. The molecule has 0 amide bonds. The number of hydrogen-bond acceptors (Lipinski definition) is 1. The van der Waals surface area contributed by atoms with E-state index in [1.54, 1.807) is 6.07 Å². The molecule has 0 radical (unpaired) electrons. The van der Waals surface area contributed by atoms with Crippen LogP contribution < -0.4 is 0 Å². The van der Waals surface area contributed by atoms with Crippen LogP contribution in [-0.2, 0) is 11.3 Å². The molecule has 1 nitrogen and oxygen atoms in total. The van der Waals surface area contributed by atoms with Gasteiger partial charge < -0.3 is 4.74 Å². The van der Waals surface area contributed by atoms with Crippen LogP contribution >= 0.6 is 0 Å². The highest BCUT2D eigenvalue weighted by Gasteiger charge is 1.97. The van der Waals surface area contributed by atoms with Crippen molar-refractivity contribution in [1.82, 2.24) is 0 Å². The second kappa shape index (κ2) is 5.76. The van der Waals surface area contributed by atoms with Gasteiger partial charge in [-0.3, -0.25) is 0 Å². The van der Waals surface area contributed by atoms with Crippen molar-refractivity contribution in [2.24, 2.45) is 5.92 Å². The Labute approximate surface area is 84.9 Å². The van der Waals surface area contributed by atoms with Crippen LogP contribution in [0.1, 0.15) is 25.8 Å². The van der Waals surface area contributed by atoms with E-state index >= 15 is 0 Å². The van der Waals surface area contributed by atoms with Crippen molar-refractivity contribution >= 4 is 0 Å². The number of halogens is 1. The quantitative estimate of drug-likeness (QED) is 0.656. The predicted octanol–water partition coefficient (Wildman–Crippen LogP) is 3.39. The molecular formula is C12H17FO. The number of rotatable bonds is 5. The second-order valence-corrected chi connectivity index (χ2v) is 3.87. The van der Waals surface area contributed by atoms with Gasteiger partial charge in [0.15, 0.2) is 0 Å². The Morgan fingerprint density at radius 1 is 1.36 bits per heavy atom. The van der Waals surface area contributed by atoms with E-state index in [1.165, 1.54) is 12.1 Å². The summed E-state index contributed by atoms with van der Waals surface area (Å²) in [6, 6.07) is 6.53. The summed E-state index contributed by atoms with van der Waals surface area (Å²) < 4.78 is 18.2. The zero-order valence-electron chi connectivity index (χ0n) is 8.79. The molecule has 0 N–H and O–H groups in total. The molecule has 0 aliphatic carbocycles. The first-order valence-electron chi connectivity index (χ1n) is 5.00. The molecule has 0 fully saturated rings. The molecule has 0 saturated heterocycles. The molecular weight excluding hydrogens is 179 g/mol. The van der Waals surface area contributed by atoms with Gasteiger partial charge in [-0.25, -0.2) is 4.39 Å². The summed E-state index contributed by atoms with van der Waals surface area (Å²) in [6.45, 7) is 5.57. The normalized spacial score (nSPS) is 10.9. The average Bonchev–Trinajstić information content (AvgIpc) is 2.12. The molecule has 14 heavy (non-hydrogen) atoms. The van der Waals surface area contributed by atoms with Crippen molar-refractivity contribution < 1.29 is 9.13 Å². The van der Waals surface area contributed by atoms with Gasteiger partial charge in [0, 0.05) is 6.61 Å². The van der Waals surface area contributed by atoms with Gasteiger partial charge in [0.05, 0.1) is 6.61 Å². The van der Waals surface area contributed by atoms with Gasteiger partial charge in [-0.1, -0.05) is 26.0 Å². The van der Waals surface area contributed by atoms with E-state index in [4.69, 9.17) is 4.74 Å². The molecule has 78 valence electrons. The van der Waals surface area contributed by atoms with Gasteiger partial charge in [-0.2, -0.15) is 0 Å². The van der Waals surface area contributed by atoms with Crippen molar-refractivity contribution in [2.45, 2.75) is 26.9 Å². The highest BCUT2D eigenvalue weighted by Crippen LogP contribution is 2.06. The zero-order valence-corrected chi connectivity index (χ0v) is 8.79. The van der Waals surface area contributed by atoms with Gasteiger partial charge in [0.2, 0.25) is 0 Å². The lowest BCUT2D eigenvalue weighted by Gasteiger charge is -2.06. The van der Waals surface area contributed by atoms with Crippen LogP contribution in [-0.4, -0.2) is 6.61 Å². The van der Waals surface area contributed by atoms with Gasteiger partial charge >= 0.3 is 0 Å². The summed E-state index contributed by atoms with van der Waals surface area (Å²) in [6.07, 6.45) is 1.05. The fraction of sp³-hybridized carbons (Fsp3) is 0.500. The maximum absolute atomic E-state index is 12.7. The van der Waals surface area contributed by atoms with E-state index in [1.807, 2.05) is 6.07 Å². The third kappa shape index (κ3) is 4.38. The smallest absolute Gasteiger partial charge is 0.123 e. The Bertz CT molecular complexity index is 271. The van der Waals surface area contributed by atoms with E-state index in [0.29, 0.717) is 12.5 Å². The molecule has 2 heteroatoms. The van der Waals surface area contributed by atoms with E-state index < -0.39 is 0 Å². The molecule has 0 atom stereocenters. The summed E-state index contributed by atoms with van der Waals surface area (Å²) >= 11 is 0. The van der Waals surface area contributed by atoms with E-state index in [9.17, 15) is 4.39 Å². The predicted molar refractivity (Wildman–Crippen MR) is 55.5 cm³/mol. The topological polar surface area (TPSA) is 9.23 Å². The fourth-order valence-electron chi connectivity index (χ4n) is 1.14. The van der Waals surface area contributed by atoms with Crippen LogP contribution in [0.4, 0.5) is 4.39 Å². The maximum atomic E-state index is 12.7. The van der Waals surface area contributed by atoms with Crippen molar-refractivity contribution in [2.75, 3.05) is 6.61 Å². The molecule has 1 aromatic carbocycles. The van der Waals surface area contributed by atoms with Gasteiger partial charge in [0.25, 0.3) is 0 Å². The number of hydrogen-bond donors (Lipinski definition) is 0. The van der Waals surface area contributed by atoms with Crippen LogP contribution in [0.3, 0.4) is 0 Å². The Morgan fingerprint density at radius 2 is 2.14 bits per heavy atom. The number of benzene rings is 1. The first kappa shape index (κ1) is 11.2. The summed E-state index contributed by atoms with van der Waals surface area (Å²) in [4.78, 5) is 0. The van der Waals surface area contributed by atoms with Crippen LogP contribution in [0.25, 0.3) is 0 Å². The maximum Gasteiger partial charge on any atom is 0.123 e. The van der Waals surface area contributed by atoms with Crippen LogP contribution in [0.5, 0.6) is 0 Å². The molecule has 0 saturated carbocycles. The minimum absolute atomic E-state index is 0.199. The molecule has 1 rings (SSSR count). The molecule has 0 aromatic heterocycles. The molecule has 0 unspecified atom stereocenters. The molecule has 1 aromatic rings. The lowest BCUT2D eigenvalue weighted by atomic mass is 10.1. The number of ether oxygens (including phenoxy) is 1. The minimum Gasteiger partial charge on any atom is -0.377 e. The fourth-order valence-corrected chi connectivity index (χ4v) is 1.14. The minimum atomic E-state index is -0.199. The Kier molecular flexibility index (Phi) is 4.60. The van der Waals surface area contributed by atoms with Crippen LogP contribution in [0.2, 0.25) is 0 Å². The van der Waals surface area contributed by atoms with Crippen molar-refractivity contribution in [3.63, 3.8) is 0 Å². The lowest BCUT2D eigenvalue weighted by Crippen LogP contribution is -1.99. The largest absolute Gasteiger partial charge is 0.377 e. The SMILES string of the molecule is CC(C)CCOCc1cccc(F)c1. The van der Waals surface area contributed by atoms with Crippen LogP contribution in [0, 0.1) is 11.7 Å². The highest BCUT2D eigenvalue weighted by atomic mass is 19.1.